The molecule has 0 aliphatic heterocycles. The molecular weight excluding hydrogens is 405 g/mol. The Morgan fingerprint density at radius 2 is 1.25 bits per heavy atom. The minimum absolute atomic E-state index is 1.16. The van der Waals surface area contributed by atoms with Gasteiger partial charge < -0.3 is 44.7 Å². The predicted molar refractivity (Wildman–Crippen MR) is 70.9 cm³/mol. The quantitative estimate of drug-likeness (QED) is 0.148. The Morgan fingerprint density at radius 3 is 1.58 bits per heavy atom. The Kier molecular flexibility index (Phi) is 9.32. The molecule has 0 saturated heterocycles. The number of aliphatic hydroxyl groups is 3. The van der Waals surface area contributed by atoms with Gasteiger partial charge in [-0.1, -0.05) is 0 Å². The van der Waals surface area contributed by atoms with Crippen LogP contribution in [-0.2, 0) is 27.3 Å². The smallest absolute Gasteiger partial charge is 0.394 e. The molecule has 0 spiro atoms. The van der Waals surface area contributed by atoms with Crippen LogP contribution >= 0.6 is 23.5 Å². The first-order valence-electron chi connectivity index (χ1n) is 5.70. The van der Waals surface area contributed by atoms with Gasteiger partial charge in [-0.2, -0.15) is 0 Å². The molecule has 0 aliphatic rings. The summed E-state index contributed by atoms with van der Waals surface area (Å²) in [4.78, 5) is 52.1. The van der Waals surface area contributed by atoms with Crippen molar-refractivity contribution in [3.8, 4) is 0 Å². The van der Waals surface area contributed by atoms with Crippen LogP contribution in [0.2, 0.25) is 0 Å². The zero-order valence-electron chi connectivity index (χ0n) is 11.5. The third-order valence-corrected chi connectivity index (χ3v) is 3.77. The second kappa shape index (κ2) is 9.24. The molecule has 0 fully saturated rings. The average molecular weight is 422 g/mol. The van der Waals surface area contributed by atoms with Crippen LogP contribution < -0.4 is 0 Å². The van der Waals surface area contributed by atoms with E-state index < -0.39 is 61.1 Å². The molecule has 4 atom stereocenters. The van der Waals surface area contributed by atoms with E-state index in [2.05, 4.69) is 13.6 Å². The van der Waals surface area contributed by atoms with E-state index >= 15 is 0 Å². The molecule has 24 heavy (non-hydrogen) atoms. The van der Waals surface area contributed by atoms with Gasteiger partial charge in [-0.3, -0.25) is 13.6 Å². The summed E-state index contributed by atoms with van der Waals surface area (Å²) in [6.07, 6.45) is -9.31. The van der Waals surface area contributed by atoms with Crippen LogP contribution in [0.15, 0.2) is 0 Å². The van der Waals surface area contributed by atoms with Crippen molar-refractivity contribution in [3.63, 3.8) is 0 Å². The molecule has 0 aliphatic carbocycles. The molecule has 0 aromatic heterocycles. The maximum Gasteiger partial charge on any atom is 0.470 e. The van der Waals surface area contributed by atoms with Crippen molar-refractivity contribution in [1.82, 2.24) is 0 Å². The van der Waals surface area contributed by atoms with E-state index in [0.717, 1.165) is 0 Å². The van der Waals surface area contributed by atoms with Gasteiger partial charge in [0, 0.05) is 0 Å². The summed E-state index contributed by atoms with van der Waals surface area (Å²) in [6, 6.07) is 0. The molecule has 18 heteroatoms. The van der Waals surface area contributed by atoms with Gasteiger partial charge >= 0.3 is 23.5 Å². The van der Waals surface area contributed by atoms with E-state index in [1.165, 1.54) is 0 Å². The second-order valence-electron chi connectivity index (χ2n) is 4.22. The van der Waals surface area contributed by atoms with Crippen molar-refractivity contribution < 1.29 is 71.9 Å². The van der Waals surface area contributed by atoms with Gasteiger partial charge in [-0.15, -0.1) is 0 Å². The maximum absolute atomic E-state index is 10.9. The second-order valence-corrected chi connectivity index (χ2v) is 7.85. The lowest BCUT2D eigenvalue weighted by Crippen LogP contribution is -2.49. The lowest BCUT2D eigenvalue weighted by atomic mass is 10.0. The molecule has 0 bridgehead atoms. The lowest BCUT2D eigenvalue weighted by Gasteiger charge is -2.32. The van der Waals surface area contributed by atoms with Crippen molar-refractivity contribution in [3.05, 3.63) is 0 Å². The number of hydrogen-bond acceptors (Lipinski definition) is 9. The van der Waals surface area contributed by atoms with E-state index in [0.29, 0.717) is 0 Å². The summed E-state index contributed by atoms with van der Waals surface area (Å²) in [5.41, 5.74) is 0. The summed E-state index contributed by atoms with van der Waals surface area (Å²) in [5.74, 6) is 0. The molecule has 0 heterocycles. The van der Waals surface area contributed by atoms with Gasteiger partial charge in [0.05, 0.1) is 13.2 Å². The van der Waals surface area contributed by atoms with Crippen LogP contribution in [-0.4, -0.2) is 82.3 Å². The minimum Gasteiger partial charge on any atom is -0.394 e. The molecule has 0 unspecified atom stereocenters. The summed E-state index contributed by atoms with van der Waals surface area (Å²) >= 11 is 0. The largest absolute Gasteiger partial charge is 0.470 e. The number of aliphatic hydroxyl groups excluding tert-OH is 3. The van der Waals surface area contributed by atoms with Gasteiger partial charge in [-0.05, 0) is 0 Å². The fraction of sp³-hybridized carbons (Fsp3) is 1.00. The Labute approximate surface area is 134 Å². The van der Waals surface area contributed by atoms with Crippen LogP contribution in [0.4, 0.5) is 0 Å². The standard InChI is InChI=1S/C6H17O15P3/c7-1-3(8)5(9)6(21-24(16,17)18)4(20-23(13,14)15)2-19-22(10,11)12/h3-9H,1-2H2,(H2,10,11,12)(H2,13,14,15)(H2,16,17,18)/t3-,4-,5-,6+/m1/s1. The third kappa shape index (κ3) is 10.9. The van der Waals surface area contributed by atoms with Crippen molar-refractivity contribution >= 4 is 23.5 Å². The number of phosphoric acid groups is 3. The maximum atomic E-state index is 10.9. The summed E-state index contributed by atoms with van der Waals surface area (Å²) in [5, 5.41) is 27.7. The molecular formula is C6H17O15P3. The van der Waals surface area contributed by atoms with Gasteiger partial charge in [-0.25, -0.2) is 13.7 Å². The fourth-order valence-corrected chi connectivity index (χ4v) is 2.82. The van der Waals surface area contributed by atoms with Gasteiger partial charge in [0.25, 0.3) is 0 Å². The minimum atomic E-state index is -5.44. The molecule has 15 nitrogen and oxygen atoms in total. The summed E-state index contributed by atoms with van der Waals surface area (Å²) in [7, 11) is -16.1. The highest BCUT2D eigenvalue weighted by Gasteiger charge is 2.42. The highest BCUT2D eigenvalue weighted by molar-refractivity contribution is 7.47. The summed E-state index contributed by atoms with van der Waals surface area (Å²) in [6.45, 7) is -2.57. The van der Waals surface area contributed by atoms with Gasteiger partial charge in [0.2, 0.25) is 0 Å². The number of hydrogen-bond donors (Lipinski definition) is 9. The normalized spacial score (nSPS) is 18.9. The van der Waals surface area contributed by atoms with Crippen molar-refractivity contribution in [2.45, 2.75) is 24.4 Å². The molecule has 9 N–H and O–H groups in total. The van der Waals surface area contributed by atoms with Crippen LogP contribution in [0.3, 0.4) is 0 Å². The highest BCUT2D eigenvalue weighted by Crippen LogP contribution is 2.45. The molecule has 0 rings (SSSR count). The molecule has 0 radical (unpaired) electrons. The number of phosphoric ester groups is 3. The van der Waals surface area contributed by atoms with Crippen LogP contribution in [0.25, 0.3) is 0 Å². The van der Waals surface area contributed by atoms with Crippen LogP contribution in [0, 0.1) is 0 Å². The van der Waals surface area contributed by atoms with Crippen molar-refractivity contribution in [1.29, 1.82) is 0 Å². The molecule has 0 aromatic rings. The Morgan fingerprint density at radius 1 is 0.792 bits per heavy atom. The van der Waals surface area contributed by atoms with Gasteiger partial charge in [0.15, 0.2) is 0 Å². The lowest BCUT2D eigenvalue weighted by molar-refractivity contribution is -0.116. The van der Waals surface area contributed by atoms with E-state index in [1.54, 1.807) is 0 Å². The first-order valence-corrected chi connectivity index (χ1v) is 10.3. The van der Waals surface area contributed by atoms with E-state index in [9.17, 15) is 23.9 Å². The zero-order chi connectivity index (χ0) is 19.3. The molecule has 0 aromatic carbocycles. The topological polar surface area (TPSA) is 261 Å². The van der Waals surface area contributed by atoms with Crippen LogP contribution in [0.5, 0.6) is 0 Å². The molecule has 0 amide bonds. The first kappa shape index (κ1) is 24.2. The average Bonchev–Trinajstić information content (AvgIpc) is 2.36. The first-order chi connectivity index (χ1) is 10.6. The van der Waals surface area contributed by atoms with E-state index in [4.69, 9.17) is 34.5 Å². The predicted octanol–water partition coefficient (Wildman–Crippen LogP) is -3.23. The fourth-order valence-electron chi connectivity index (χ4n) is 1.37. The highest BCUT2D eigenvalue weighted by atomic mass is 31.2. The number of rotatable bonds is 11. The molecule has 146 valence electrons. The van der Waals surface area contributed by atoms with E-state index in [1.807, 2.05) is 0 Å². The van der Waals surface area contributed by atoms with Gasteiger partial charge in [0.1, 0.15) is 24.4 Å². The van der Waals surface area contributed by atoms with Crippen LogP contribution in [0.1, 0.15) is 0 Å². The summed E-state index contributed by atoms with van der Waals surface area (Å²) < 4.78 is 44.4. The zero-order valence-corrected chi connectivity index (χ0v) is 14.2. The third-order valence-electron chi connectivity index (χ3n) is 2.22. The van der Waals surface area contributed by atoms with Crippen molar-refractivity contribution in [2.75, 3.05) is 13.2 Å². The van der Waals surface area contributed by atoms with E-state index in [-0.39, 0.29) is 0 Å². The SMILES string of the molecule is O=P(O)(O)OC[C@@H](OP(=O)(O)O)[C@H](OP(=O)(O)O)[C@H](O)[C@H](O)CO. The Bertz CT molecular complexity index is 517. The molecule has 0 saturated carbocycles. The Hall–Kier alpha value is 0.210. The van der Waals surface area contributed by atoms with Crippen molar-refractivity contribution in [2.24, 2.45) is 0 Å². The monoisotopic (exact) mass is 422 g/mol. The Balaban J connectivity index is 5.62.